The maximum absolute atomic E-state index is 12.4. The van der Waals surface area contributed by atoms with E-state index >= 15 is 0 Å². The van der Waals surface area contributed by atoms with Gasteiger partial charge in [-0.05, 0) is 36.3 Å². The van der Waals surface area contributed by atoms with Crippen LogP contribution >= 0.6 is 22.9 Å². The molecule has 3 rings (SSSR count). The number of Topliss-reactive ketones (excluding diaryl/α,β-unsaturated/α-hetero) is 1. The Bertz CT molecular complexity index is 1060. The molecule has 3 aromatic rings. The second kappa shape index (κ2) is 6.99. The normalized spacial score (nSPS) is 12.6. The van der Waals surface area contributed by atoms with Crippen LogP contribution in [0.15, 0.2) is 53.3 Å². The molecule has 0 bridgehead atoms. The fourth-order valence-electron chi connectivity index (χ4n) is 2.28. The number of hydrogen-bond donors (Lipinski definition) is 1. The first-order valence-corrected chi connectivity index (χ1v) is 8.50. The quantitative estimate of drug-likeness (QED) is 0.734. The lowest BCUT2D eigenvalue weighted by Crippen LogP contribution is -2.20. The zero-order valence-corrected chi connectivity index (χ0v) is 14.4. The van der Waals surface area contributed by atoms with Gasteiger partial charge in [0, 0.05) is 16.7 Å². The third kappa shape index (κ3) is 3.72. The molecule has 1 heterocycles. The fourth-order valence-corrected chi connectivity index (χ4v) is 3.29. The van der Waals surface area contributed by atoms with Crippen LogP contribution in [0.25, 0.3) is 12.2 Å². The Labute approximate surface area is 147 Å². The number of halogens is 1. The number of aromatic amines is 1. The Hall–Kier alpha value is -2.43. The van der Waals surface area contributed by atoms with Gasteiger partial charge in [-0.1, -0.05) is 48.0 Å². The highest BCUT2D eigenvalue weighted by Crippen LogP contribution is 2.10. The number of thiazole rings is 1. The molecule has 2 aromatic carbocycles. The molecule has 0 spiro atoms. The summed E-state index contributed by atoms with van der Waals surface area (Å²) in [5.41, 5.74) is 2.21. The average Bonchev–Trinajstić information content (AvgIpc) is 2.89. The van der Waals surface area contributed by atoms with Crippen molar-refractivity contribution in [2.24, 2.45) is 0 Å². The standard InChI is InChI=1S/C19H14ClNO2S/c1-12-4-2-3-5-15(12)16(22)11-18-21-19(23)17(24-18)10-13-6-8-14(20)9-7-13/h2-11H,1H3,(H,21,23)/b17-10-,18-11-. The molecule has 0 aliphatic rings. The molecule has 0 saturated heterocycles. The number of hydrogen-bond acceptors (Lipinski definition) is 3. The van der Waals surface area contributed by atoms with Crippen molar-refractivity contribution < 1.29 is 4.79 Å². The van der Waals surface area contributed by atoms with E-state index in [1.54, 1.807) is 24.3 Å². The number of carbonyl (C=O) groups excluding carboxylic acids is 1. The van der Waals surface area contributed by atoms with E-state index in [1.807, 2.05) is 37.3 Å². The Kier molecular flexibility index (Phi) is 4.79. The minimum absolute atomic E-state index is 0.122. The molecule has 3 nitrogen and oxygen atoms in total. The Morgan fingerprint density at radius 1 is 1.12 bits per heavy atom. The second-order valence-electron chi connectivity index (χ2n) is 5.30. The van der Waals surface area contributed by atoms with Gasteiger partial charge < -0.3 is 4.98 Å². The highest BCUT2D eigenvalue weighted by Gasteiger charge is 2.05. The summed E-state index contributed by atoms with van der Waals surface area (Å²) in [5, 5.41) is 0.644. The molecule has 24 heavy (non-hydrogen) atoms. The summed E-state index contributed by atoms with van der Waals surface area (Å²) >= 11 is 7.11. The molecule has 0 unspecified atom stereocenters. The minimum Gasteiger partial charge on any atom is -0.313 e. The van der Waals surface area contributed by atoms with E-state index in [1.165, 1.54) is 17.4 Å². The van der Waals surface area contributed by atoms with Crippen LogP contribution in [0.4, 0.5) is 0 Å². The molecule has 0 amide bonds. The van der Waals surface area contributed by atoms with Gasteiger partial charge in [0.05, 0.1) is 9.20 Å². The number of aryl methyl sites for hydroxylation is 1. The van der Waals surface area contributed by atoms with Crippen molar-refractivity contribution in [3.8, 4) is 0 Å². The third-order valence-corrected chi connectivity index (χ3v) is 4.74. The van der Waals surface area contributed by atoms with Crippen LogP contribution in [0, 0.1) is 6.92 Å². The van der Waals surface area contributed by atoms with Gasteiger partial charge in [-0.15, -0.1) is 11.3 Å². The Morgan fingerprint density at radius 3 is 2.54 bits per heavy atom. The second-order valence-corrected chi connectivity index (χ2v) is 6.82. The molecule has 0 radical (unpaired) electrons. The molecule has 5 heteroatoms. The fraction of sp³-hybridized carbons (Fsp3) is 0.0526. The van der Waals surface area contributed by atoms with Crippen LogP contribution in [0.3, 0.4) is 0 Å². The SMILES string of the molecule is Cc1ccccc1C(=O)/C=c1/[nH]c(=O)/c(=C/c2ccc(Cl)cc2)s1. The van der Waals surface area contributed by atoms with Gasteiger partial charge in [-0.2, -0.15) is 0 Å². The first-order valence-electron chi connectivity index (χ1n) is 7.31. The van der Waals surface area contributed by atoms with Gasteiger partial charge >= 0.3 is 0 Å². The van der Waals surface area contributed by atoms with E-state index < -0.39 is 0 Å². The van der Waals surface area contributed by atoms with E-state index in [-0.39, 0.29) is 11.3 Å². The average molecular weight is 356 g/mol. The van der Waals surface area contributed by atoms with Crippen LogP contribution in [0.1, 0.15) is 21.5 Å². The van der Waals surface area contributed by atoms with Gasteiger partial charge in [0.2, 0.25) is 0 Å². The van der Waals surface area contributed by atoms with Crippen molar-refractivity contribution in [2.45, 2.75) is 6.92 Å². The summed E-state index contributed by atoms with van der Waals surface area (Å²) < 4.78 is 1.08. The summed E-state index contributed by atoms with van der Waals surface area (Å²) in [6.45, 7) is 1.89. The van der Waals surface area contributed by atoms with Crippen LogP contribution in [-0.2, 0) is 0 Å². The topological polar surface area (TPSA) is 49.9 Å². The number of nitrogens with one attached hydrogen (secondary N) is 1. The Balaban J connectivity index is 2.00. The van der Waals surface area contributed by atoms with E-state index in [4.69, 9.17) is 11.6 Å². The third-order valence-electron chi connectivity index (χ3n) is 3.52. The predicted molar refractivity (Wildman–Crippen MR) is 99.2 cm³/mol. The predicted octanol–water partition coefficient (Wildman–Crippen LogP) is 2.89. The van der Waals surface area contributed by atoms with Crippen molar-refractivity contribution in [3.63, 3.8) is 0 Å². The van der Waals surface area contributed by atoms with Crippen molar-refractivity contribution in [1.29, 1.82) is 0 Å². The van der Waals surface area contributed by atoms with Gasteiger partial charge in [0.25, 0.3) is 5.56 Å². The number of carbonyl (C=O) groups is 1. The van der Waals surface area contributed by atoms with Crippen molar-refractivity contribution in [2.75, 3.05) is 0 Å². The smallest absolute Gasteiger partial charge is 0.266 e. The summed E-state index contributed by atoms with van der Waals surface area (Å²) in [7, 11) is 0. The van der Waals surface area contributed by atoms with Crippen molar-refractivity contribution in [1.82, 2.24) is 4.98 Å². The van der Waals surface area contributed by atoms with Crippen LogP contribution in [0.5, 0.6) is 0 Å². The lowest BCUT2D eigenvalue weighted by atomic mass is 10.1. The molecular weight excluding hydrogens is 342 g/mol. The summed E-state index contributed by atoms with van der Waals surface area (Å²) in [4.78, 5) is 27.1. The molecular formula is C19H14ClNO2S. The molecule has 0 fully saturated rings. The van der Waals surface area contributed by atoms with E-state index in [0.29, 0.717) is 19.8 Å². The van der Waals surface area contributed by atoms with Crippen molar-refractivity contribution >= 4 is 40.9 Å². The minimum atomic E-state index is -0.209. The zero-order valence-electron chi connectivity index (χ0n) is 12.9. The lowest BCUT2D eigenvalue weighted by Gasteiger charge is -1.99. The van der Waals surface area contributed by atoms with E-state index in [2.05, 4.69) is 4.98 Å². The summed E-state index contributed by atoms with van der Waals surface area (Å²) in [5.74, 6) is -0.122. The number of H-pyrrole nitrogens is 1. The number of benzene rings is 2. The Morgan fingerprint density at radius 2 is 1.83 bits per heavy atom. The summed E-state index contributed by atoms with van der Waals surface area (Å²) in [6, 6.07) is 14.6. The summed E-state index contributed by atoms with van der Waals surface area (Å²) in [6.07, 6.45) is 3.24. The van der Waals surface area contributed by atoms with E-state index in [9.17, 15) is 9.59 Å². The maximum atomic E-state index is 12.4. The first-order chi connectivity index (χ1) is 11.5. The first kappa shape index (κ1) is 16.4. The van der Waals surface area contributed by atoms with Gasteiger partial charge in [0.15, 0.2) is 5.78 Å². The van der Waals surface area contributed by atoms with E-state index in [0.717, 1.165) is 11.1 Å². The molecule has 120 valence electrons. The molecule has 0 aliphatic heterocycles. The monoisotopic (exact) mass is 355 g/mol. The largest absolute Gasteiger partial charge is 0.313 e. The zero-order chi connectivity index (χ0) is 17.1. The van der Waals surface area contributed by atoms with Crippen LogP contribution in [-0.4, -0.2) is 10.8 Å². The number of rotatable bonds is 3. The molecule has 1 aromatic heterocycles. The maximum Gasteiger partial charge on any atom is 0.266 e. The molecule has 0 atom stereocenters. The van der Waals surface area contributed by atoms with Crippen molar-refractivity contribution in [3.05, 3.63) is 89.8 Å². The van der Waals surface area contributed by atoms with Gasteiger partial charge in [0.1, 0.15) is 0 Å². The van der Waals surface area contributed by atoms with Crippen LogP contribution < -0.4 is 14.8 Å². The number of ketones is 1. The molecule has 1 N–H and O–H groups in total. The van der Waals surface area contributed by atoms with Gasteiger partial charge in [-0.25, -0.2) is 0 Å². The lowest BCUT2D eigenvalue weighted by molar-refractivity contribution is 0.106. The highest BCUT2D eigenvalue weighted by atomic mass is 35.5. The highest BCUT2D eigenvalue weighted by molar-refractivity contribution is 7.07. The molecule has 0 aliphatic carbocycles. The van der Waals surface area contributed by atoms with Gasteiger partial charge in [-0.3, -0.25) is 9.59 Å². The number of aromatic nitrogens is 1. The van der Waals surface area contributed by atoms with Crippen LogP contribution in [0.2, 0.25) is 5.02 Å². The molecule has 0 saturated carbocycles.